The first-order chi connectivity index (χ1) is 7.04. The summed E-state index contributed by atoms with van der Waals surface area (Å²) in [6, 6.07) is 0. The summed E-state index contributed by atoms with van der Waals surface area (Å²) in [4.78, 5) is 13.8. The fraction of sp³-hybridized carbons (Fsp3) is 0.909. The lowest BCUT2D eigenvalue weighted by atomic mass is 9.81. The zero-order valence-corrected chi connectivity index (χ0v) is 11.2. The van der Waals surface area contributed by atoms with Crippen LogP contribution in [0.25, 0.3) is 0 Å². The number of piperidine rings is 1. The maximum atomic E-state index is 11.8. The zero-order chi connectivity index (χ0) is 11.3. The first-order valence-corrected chi connectivity index (χ1v) is 5.57. The van der Waals surface area contributed by atoms with Gasteiger partial charge in [-0.2, -0.15) is 0 Å². The van der Waals surface area contributed by atoms with Crippen molar-refractivity contribution in [3.63, 3.8) is 0 Å². The Morgan fingerprint density at radius 3 is 2.44 bits per heavy atom. The van der Waals surface area contributed by atoms with Crippen LogP contribution < -0.4 is 5.32 Å². The van der Waals surface area contributed by atoms with Crippen LogP contribution in [0.1, 0.15) is 19.8 Å². The minimum Gasteiger partial charge on any atom is -0.464 e. The minimum atomic E-state index is -0.266. The first-order valence-electron chi connectivity index (χ1n) is 5.57. The van der Waals surface area contributed by atoms with Crippen molar-refractivity contribution in [2.24, 2.45) is 5.41 Å². The van der Waals surface area contributed by atoms with Crippen molar-refractivity contribution in [2.45, 2.75) is 19.8 Å². The minimum absolute atomic E-state index is 0. The average Bonchev–Trinajstić information content (AvgIpc) is 2.18. The lowest BCUT2D eigenvalue weighted by Crippen LogP contribution is -2.41. The van der Waals surface area contributed by atoms with Crippen LogP contribution in [0.4, 0.5) is 0 Å². The summed E-state index contributed by atoms with van der Waals surface area (Å²) in [6.45, 7) is 5.12. The Bertz CT molecular complexity index is 216. The molecule has 1 saturated heterocycles. The molecule has 4 nitrogen and oxygen atoms in total. The van der Waals surface area contributed by atoms with Gasteiger partial charge in [0.15, 0.2) is 0 Å². The second-order valence-electron chi connectivity index (χ2n) is 4.75. The number of likely N-dealkylation sites (N-methyl/N-ethyl adjacent to an activating group) is 1. The normalized spacial score (nSPS) is 19.0. The molecule has 16 heavy (non-hydrogen) atoms. The molecule has 0 aliphatic carbocycles. The molecule has 1 heterocycles. The van der Waals surface area contributed by atoms with Crippen LogP contribution in [0.5, 0.6) is 0 Å². The van der Waals surface area contributed by atoms with E-state index in [2.05, 4.69) is 5.32 Å². The third kappa shape index (κ3) is 4.68. The van der Waals surface area contributed by atoms with Crippen molar-refractivity contribution >= 4 is 18.4 Å². The summed E-state index contributed by atoms with van der Waals surface area (Å²) in [7, 11) is 3.94. The number of halogens is 1. The number of ether oxygens (including phenoxy) is 1. The van der Waals surface area contributed by atoms with Crippen LogP contribution in [-0.4, -0.2) is 51.2 Å². The fourth-order valence-electron chi connectivity index (χ4n) is 1.68. The number of hydrogen-bond acceptors (Lipinski definition) is 4. The Morgan fingerprint density at radius 2 is 1.94 bits per heavy atom. The van der Waals surface area contributed by atoms with Crippen LogP contribution in [0.15, 0.2) is 0 Å². The molecule has 0 saturated carbocycles. The van der Waals surface area contributed by atoms with Crippen LogP contribution in [-0.2, 0) is 9.53 Å². The van der Waals surface area contributed by atoms with E-state index in [-0.39, 0.29) is 23.8 Å². The molecule has 0 spiro atoms. The Labute approximate surface area is 104 Å². The number of esters is 1. The Kier molecular flexibility index (Phi) is 6.95. The highest BCUT2D eigenvalue weighted by atomic mass is 35.5. The molecule has 1 fully saturated rings. The molecular weight excluding hydrogens is 228 g/mol. The second kappa shape index (κ2) is 7.09. The summed E-state index contributed by atoms with van der Waals surface area (Å²) in [5, 5.41) is 3.25. The number of nitrogens with one attached hydrogen (secondary N) is 1. The topological polar surface area (TPSA) is 41.6 Å². The Hall–Kier alpha value is -0.320. The predicted octanol–water partition coefficient (Wildman–Crippen LogP) is 0.903. The maximum absolute atomic E-state index is 11.8. The SMILES string of the molecule is CN(C)CCOC(=O)C1(C)CCNCC1.Cl. The molecule has 0 aromatic rings. The fourth-order valence-corrected chi connectivity index (χ4v) is 1.68. The van der Waals surface area contributed by atoms with Gasteiger partial charge in [0.05, 0.1) is 5.41 Å². The molecule has 0 atom stereocenters. The summed E-state index contributed by atoms with van der Waals surface area (Å²) < 4.78 is 5.29. The molecule has 5 heteroatoms. The van der Waals surface area contributed by atoms with Gasteiger partial charge in [0, 0.05) is 6.54 Å². The summed E-state index contributed by atoms with van der Waals surface area (Å²) >= 11 is 0. The molecule has 0 radical (unpaired) electrons. The van der Waals surface area contributed by atoms with E-state index >= 15 is 0 Å². The lowest BCUT2D eigenvalue weighted by Gasteiger charge is -2.31. The van der Waals surface area contributed by atoms with E-state index in [1.807, 2.05) is 25.9 Å². The van der Waals surface area contributed by atoms with Crippen LogP contribution in [0, 0.1) is 5.41 Å². The van der Waals surface area contributed by atoms with Crippen molar-refractivity contribution in [2.75, 3.05) is 40.3 Å². The molecule has 1 aliphatic rings. The molecule has 96 valence electrons. The summed E-state index contributed by atoms with van der Waals surface area (Å²) in [6.07, 6.45) is 1.77. The highest BCUT2D eigenvalue weighted by molar-refractivity contribution is 5.85. The van der Waals surface area contributed by atoms with Gasteiger partial charge < -0.3 is 15.0 Å². The van der Waals surface area contributed by atoms with E-state index in [1.54, 1.807) is 0 Å². The van der Waals surface area contributed by atoms with E-state index in [0.717, 1.165) is 32.5 Å². The van der Waals surface area contributed by atoms with Gasteiger partial charge in [0.1, 0.15) is 6.61 Å². The standard InChI is InChI=1S/C11H22N2O2.ClH/c1-11(4-6-12-7-5-11)10(14)15-9-8-13(2)3;/h12H,4-9H2,1-3H3;1H. The first kappa shape index (κ1) is 15.7. The molecule has 1 N–H and O–H groups in total. The van der Waals surface area contributed by atoms with Gasteiger partial charge in [-0.15, -0.1) is 12.4 Å². The highest BCUT2D eigenvalue weighted by Crippen LogP contribution is 2.29. The molecule has 0 aromatic heterocycles. The predicted molar refractivity (Wildman–Crippen MR) is 67.0 cm³/mol. The Morgan fingerprint density at radius 1 is 1.38 bits per heavy atom. The van der Waals surface area contributed by atoms with Gasteiger partial charge in [-0.1, -0.05) is 0 Å². The van der Waals surface area contributed by atoms with Gasteiger partial charge in [-0.3, -0.25) is 4.79 Å². The van der Waals surface area contributed by atoms with Crippen molar-refractivity contribution in [1.29, 1.82) is 0 Å². The van der Waals surface area contributed by atoms with E-state index in [4.69, 9.17) is 4.74 Å². The molecule has 0 aromatic carbocycles. The van der Waals surface area contributed by atoms with E-state index < -0.39 is 0 Å². The second-order valence-corrected chi connectivity index (χ2v) is 4.75. The third-order valence-electron chi connectivity index (χ3n) is 2.97. The highest BCUT2D eigenvalue weighted by Gasteiger charge is 2.35. The third-order valence-corrected chi connectivity index (χ3v) is 2.97. The van der Waals surface area contributed by atoms with E-state index in [9.17, 15) is 4.79 Å². The van der Waals surface area contributed by atoms with Crippen LogP contribution in [0.2, 0.25) is 0 Å². The smallest absolute Gasteiger partial charge is 0.311 e. The van der Waals surface area contributed by atoms with Gasteiger partial charge in [-0.05, 0) is 47.0 Å². The lowest BCUT2D eigenvalue weighted by molar-refractivity contribution is -0.156. The van der Waals surface area contributed by atoms with Crippen molar-refractivity contribution in [3.8, 4) is 0 Å². The largest absolute Gasteiger partial charge is 0.464 e. The Balaban J connectivity index is 0.00000225. The summed E-state index contributed by atoms with van der Waals surface area (Å²) in [5.74, 6) is -0.0362. The number of carbonyl (C=O) groups excluding carboxylic acids is 1. The molecule has 1 aliphatic heterocycles. The molecule has 0 bridgehead atoms. The van der Waals surface area contributed by atoms with E-state index in [0.29, 0.717) is 6.61 Å². The van der Waals surface area contributed by atoms with Gasteiger partial charge >= 0.3 is 5.97 Å². The van der Waals surface area contributed by atoms with Gasteiger partial charge in [-0.25, -0.2) is 0 Å². The van der Waals surface area contributed by atoms with Crippen molar-refractivity contribution < 1.29 is 9.53 Å². The number of nitrogens with zero attached hydrogens (tertiary/aromatic N) is 1. The van der Waals surface area contributed by atoms with E-state index in [1.165, 1.54) is 0 Å². The monoisotopic (exact) mass is 250 g/mol. The number of carbonyl (C=O) groups is 1. The molecular formula is C11H23ClN2O2. The quantitative estimate of drug-likeness (QED) is 0.753. The number of rotatable bonds is 4. The molecule has 0 unspecified atom stereocenters. The number of hydrogen-bond donors (Lipinski definition) is 1. The van der Waals surface area contributed by atoms with Gasteiger partial charge in [0.25, 0.3) is 0 Å². The molecule has 1 rings (SSSR count). The zero-order valence-electron chi connectivity index (χ0n) is 10.4. The summed E-state index contributed by atoms with van der Waals surface area (Å²) in [5.41, 5.74) is -0.266. The van der Waals surface area contributed by atoms with Crippen LogP contribution in [0.3, 0.4) is 0 Å². The van der Waals surface area contributed by atoms with Gasteiger partial charge in [0.2, 0.25) is 0 Å². The maximum Gasteiger partial charge on any atom is 0.311 e. The van der Waals surface area contributed by atoms with Crippen molar-refractivity contribution in [3.05, 3.63) is 0 Å². The average molecular weight is 251 g/mol. The van der Waals surface area contributed by atoms with Crippen molar-refractivity contribution in [1.82, 2.24) is 10.2 Å². The van der Waals surface area contributed by atoms with Crippen LogP contribution >= 0.6 is 12.4 Å². The molecule has 0 amide bonds.